The summed E-state index contributed by atoms with van der Waals surface area (Å²) in [6, 6.07) is 5.92. The number of halogens is 4. The molecule has 32 heavy (non-hydrogen) atoms. The maximum atomic E-state index is 13.0. The van der Waals surface area contributed by atoms with Crippen LogP contribution in [0.2, 0.25) is 5.02 Å². The lowest BCUT2D eigenvalue weighted by atomic mass is 9.85. The van der Waals surface area contributed by atoms with E-state index in [0.29, 0.717) is 0 Å². The standard InChI is InChI=1S/C23H16ClF3N2O3/c24-16-5-1-11(23(25,26)27)9-13(16)17-6-2-12(32-17)10-28-29-20(30)18-14-3-4-15(19(18)21(29)31)22(14)7-8-22/h1-6,9-10,14-15,18-19H,7-8H2/b28-10-/t14-,15+,18-,19-/m0/s1. The molecule has 1 spiro atoms. The van der Waals surface area contributed by atoms with E-state index in [9.17, 15) is 22.8 Å². The van der Waals surface area contributed by atoms with Crippen LogP contribution in [0.5, 0.6) is 0 Å². The third kappa shape index (κ3) is 2.62. The summed E-state index contributed by atoms with van der Waals surface area (Å²) in [6.07, 6.45) is 2.98. The van der Waals surface area contributed by atoms with Crippen molar-refractivity contribution in [3.63, 3.8) is 0 Å². The number of amides is 2. The molecule has 2 aromatic rings. The Kier molecular flexibility index (Phi) is 3.92. The van der Waals surface area contributed by atoms with Gasteiger partial charge in [-0.25, -0.2) is 0 Å². The van der Waals surface area contributed by atoms with Crippen molar-refractivity contribution in [2.24, 2.45) is 34.2 Å². The number of hydrazone groups is 1. The average molecular weight is 461 g/mol. The molecular formula is C23H16ClF3N2O3. The Balaban J connectivity index is 1.24. The number of alkyl halides is 3. The van der Waals surface area contributed by atoms with Gasteiger partial charge >= 0.3 is 6.18 Å². The number of hydrogen-bond donors (Lipinski definition) is 0. The molecule has 2 bridgehead atoms. The van der Waals surface area contributed by atoms with Crippen LogP contribution in [-0.4, -0.2) is 23.0 Å². The maximum Gasteiger partial charge on any atom is 0.416 e. The van der Waals surface area contributed by atoms with Gasteiger partial charge in [-0.1, -0.05) is 23.8 Å². The average Bonchev–Trinajstić information content (AvgIpc) is 3.03. The van der Waals surface area contributed by atoms with E-state index in [1.807, 2.05) is 0 Å². The van der Waals surface area contributed by atoms with Crippen LogP contribution in [0.15, 0.2) is 52.0 Å². The predicted octanol–water partition coefficient (Wildman–Crippen LogP) is 5.15. The second-order valence-electron chi connectivity index (χ2n) is 8.85. The zero-order valence-corrected chi connectivity index (χ0v) is 17.2. The normalized spacial score (nSPS) is 29.7. The molecule has 4 atom stereocenters. The highest BCUT2D eigenvalue weighted by atomic mass is 35.5. The molecule has 1 aromatic carbocycles. The third-order valence-corrected chi connectivity index (χ3v) is 7.65. The molecule has 3 aliphatic carbocycles. The molecule has 9 heteroatoms. The molecule has 5 nitrogen and oxygen atoms in total. The summed E-state index contributed by atoms with van der Waals surface area (Å²) in [6.45, 7) is 0. The summed E-state index contributed by atoms with van der Waals surface area (Å²) in [5.41, 5.74) is -0.655. The van der Waals surface area contributed by atoms with Gasteiger partial charge in [0.25, 0.3) is 11.8 Å². The topological polar surface area (TPSA) is 62.9 Å². The highest BCUT2D eigenvalue weighted by molar-refractivity contribution is 6.33. The van der Waals surface area contributed by atoms with Gasteiger partial charge in [0.15, 0.2) is 0 Å². The smallest absolute Gasteiger partial charge is 0.416 e. The fraction of sp³-hybridized carbons (Fsp3) is 0.348. The van der Waals surface area contributed by atoms with Crippen LogP contribution in [0.4, 0.5) is 13.2 Å². The number of allylic oxidation sites excluding steroid dienone is 2. The number of nitrogens with zero attached hydrogens (tertiary/aromatic N) is 2. The molecular weight excluding hydrogens is 445 g/mol. The number of imide groups is 1. The molecule has 3 fully saturated rings. The Bertz CT molecular complexity index is 1190. The van der Waals surface area contributed by atoms with E-state index in [4.69, 9.17) is 16.0 Å². The molecule has 164 valence electrons. The van der Waals surface area contributed by atoms with Crippen LogP contribution < -0.4 is 0 Å². The zero-order valence-electron chi connectivity index (χ0n) is 16.5. The van der Waals surface area contributed by atoms with Crippen LogP contribution in [0.1, 0.15) is 24.2 Å². The van der Waals surface area contributed by atoms with Crippen molar-refractivity contribution in [3.8, 4) is 11.3 Å². The van der Waals surface area contributed by atoms with E-state index in [1.165, 1.54) is 18.3 Å². The maximum absolute atomic E-state index is 13.0. The van der Waals surface area contributed by atoms with Gasteiger partial charge in [0, 0.05) is 5.56 Å². The van der Waals surface area contributed by atoms with Gasteiger partial charge in [-0.3, -0.25) is 9.59 Å². The van der Waals surface area contributed by atoms with Crippen molar-refractivity contribution in [2.75, 3.05) is 0 Å². The number of carbonyl (C=O) groups is 2. The molecule has 0 N–H and O–H groups in total. The number of carbonyl (C=O) groups excluding carboxylic acids is 2. The van der Waals surface area contributed by atoms with E-state index in [2.05, 4.69) is 17.3 Å². The Morgan fingerprint density at radius 3 is 2.31 bits per heavy atom. The van der Waals surface area contributed by atoms with E-state index >= 15 is 0 Å². The lowest BCUT2D eigenvalue weighted by molar-refractivity contribution is -0.141. The Labute approximate surface area is 185 Å². The summed E-state index contributed by atoms with van der Waals surface area (Å²) >= 11 is 6.06. The summed E-state index contributed by atoms with van der Waals surface area (Å²) in [5.74, 6) is -0.789. The van der Waals surface area contributed by atoms with Gasteiger partial charge in [-0.2, -0.15) is 23.3 Å². The Morgan fingerprint density at radius 1 is 1.06 bits per heavy atom. The highest BCUT2D eigenvalue weighted by Gasteiger charge is 2.73. The fourth-order valence-corrected chi connectivity index (χ4v) is 5.96. The van der Waals surface area contributed by atoms with Crippen molar-refractivity contribution in [1.82, 2.24) is 5.01 Å². The van der Waals surface area contributed by atoms with Gasteiger partial charge in [0.05, 0.1) is 28.6 Å². The summed E-state index contributed by atoms with van der Waals surface area (Å²) in [5, 5.41) is 5.08. The van der Waals surface area contributed by atoms with E-state index in [-0.39, 0.29) is 63.0 Å². The Morgan fingerprint density at radius 2 is 1.72 bits per heavy atom. The first-order chi connectivity index (χ1) is 15.2. The van der Waals surface area contributed by atoms with Crippen LogP contribution >= 0.6 is 11.6 Å². The van der Waals surface area contributed by atoms with Gasteiger partial charge in [-0.15, -0.1) is 0 Å². The minimum absolute atomic E-state index is 0.0846. The lowest BCUT2D eigenvalue weighted by Crippen LogP contribution is -2.30. The van der Waals surface area contributed by atoms with Crippen LogP contribution in [0, 0.1) is 29.1 Å². The molecule has 4 aliphatic rings. The first-order valence-corrected chi connectivity index (χ1v) is 10.7. The molecule has 1 aliphatic heterocycles. The first kappa shape index (κ1) is 19.8. The number of benzene rings is 1. The number of rotatable bonds is 3. The van der Waals surface area contributed by atoms with Gasteiger partial charge in [-0.05, 0) is 60.4 Å². The molecule has 2 heterocycles. The third-order valence-electron chi connectivity index (χ3n) is 7.32. The van der Waals surface area contributed by atoms with Crippen molar-refractivity contribution in [2.45, 2.75) is 19.0 Å². The highest BCUT2D eigenvalue weighted by Crippen LogP contribution is 2.73. The lowest BCUT2D eigenvalue weighted by Gasteiger charge is -2.18. The number of furan rings is 1. The minimum atomic E-state index is -4.52. The fourth-order valence-electron chi connectivity index (χ4n) is 5.75. The number of fused-ring (bicyclic) bond motifs is 3. The number of hydrogen-bond acceptors (Lipinski definition) is 4. The van der Waals surface area contributed by atoms with Crippen molar-refractivity contribution in [1.29, 1.82) is 0 Å². The molecule has 2 saturated carbocycles. The monoisotopic (exact) mass is 460 g/mol. The van der Waals surface area contributed by atoms with Crippen LogP contribution in [0.25, 0.3) is 11.3 Å². The van der Waals surface area contributed by atoms with Gasteiger partial charge < -0.3 is 4.42 Å². The van der Waals surface area contributed by atoms with Gasteiger partial charge in [0.2, 0.25) is 0 Å². The predicted molar refractivity (Wildman–Crippen MR) is 108 cm³/mol. The summed E-state index contributed by atoms with van der Waals surface area (Å²) < 4.78 is 44.7. The van der Waals surface area contributed by atoms with Crippen LogP contribution in [-0.2, 0) is 15.8 Å². The molecule has 1 aromatic heterocycles. The van der Waals surface area contributed by atoms with Crippen molar-refractivity contribution >= 4 is 29.6 Å². The van der Waals surface area contributed by atoms with E-state index < -0.39 is 11.7 Å². The second-order valence-corrected chi connectivity index (χ2v) is 9.26. The molecule has 1 saturated heterocycles. The van der Waals surface area contributed by atoms with Gasteiger partial charge in [0.1, 0.15) is 11.5 Å². The molecule has 2 amide bonds. The summed E-state index contributed by atoms with van der Waals surface area (Å²) in [4.78, 5) is 25.9. The quantitative estimate of drug-likeness (QED) is 0.361. The van der Waals surface area contributed by atoms with E-state index in [0.717, 1.165) is 36.0 Å². The SMILES string of the molecule is O=C1[C@@H]2[C@@H](C(=O)N1/N=C\c1ccc(-c3cc(C(F)(F)F)ccc3Cl)o1)[C@@H]1C=C[C@H]2C12CC2. The Hall–Kier alpha value is -2.87. The first-order valence-electron chi connectivity index (χ1n) is 10.3. The largest absolute Gasteiger partial charge is 0.455 e. The zero-order chi connectivity index (χ0) is 22.4. The second kappa shape index (κ2) is 6.34. The van der Waals surface area contributed by atoms with E-state index in [1.54, 1.807) is 0 Å². The van der Waals surface area contributed by atoms with Crippen molar-refractivity contribution < 1.29 is 27.2 Å². The summed E-state index contributed by atoms with van der Waals surface area (Å²) in [7, 11) is 0. The molecule has 0 radical (unpaired) electrons. The minimum Gasteiger partial charge on any atom is -0.455 e. The van der Waals surface area contributed by atoms with Crippen molar-refractivity contribution in [3.05, 3.63) is 58.8 Å². The van der Waals surface area contributed by atoms with Crippen LogP contribution in [0.3, 0.4) is 0 Å². The molecule has 6 rings (SSSR count). The molecule has 0 unspecified atom stereocenters.